The van der Waals surface area contributed by atoms with Crippen molar-refractivity contribution in [3.05, 3.63) is 24.5 Å². The number of aliphatic hydroxyl groups excluding tert-OH is 1. The highest BCUT2D eigenvalue weighted by Crippen LogP contribution is 2.14. The van der Waals surface area contributed by atoms with Crippen molar-refractivity contribution in [2.45, 2.75) is 13.0 Å². The predicted molar refractivity (Wildman–Crippen MR) is 46.0 cm³/mol. The Morgan fingerprint density at radius 1 is 1.43 bits per heavy atom. The molecule has 0 spiro atoms. The molecule has 0 saturated heterocycles. The van der Waals surface area contributed by atoms with Crippen LogP contribution in [-0.2, 0) is 0 Å². The molecule has 2 rings (SSSR count). The molecule has 0 bridgehead atoms. The molecule has 2 aromatic rings. The number of nitrogens with zero attached hydrogens (tertiary/aromatic N) is 4. The van der Waals surface area contributed by atoms with Gasteiger partial charge in [0.1, 0.15) is 11.8 Å². The molecular weight excluding hydrogens is 184 g/mol. The summed E-state index contributed by atoms with van der Waals surface area (Å²) in [5.41, 5.74) is 0.517. The lowest BCUT2D eigenvalue weighted by Crippen LogP contribution is -1.91. The molecule has 1 atom stereocenters. The first-order chi connectivity index (χ1) is 6.77. The summed E-state index contributed by atoms with van der Waals surface area (Å²) in [6.45, 7) is 1.55. The van der Waals surface area contributed by atoms with Crippen LogP contribution in [0.3, 0.4) is 0 Å². The number of hydrogen-bond acceptors (Lipinski definition) is 6. The third-order valence-electron chi connectivity index (χ3n) is 1.59. The Labute approximate surface area is 79.6 Å². The molecule has 0 saturated carbocycles. The van der Waals surface area contributed by atoms with Gasteiger partial charge in [0, 0.05) is 12.4 Å². The number of hydrogen-bond donors (Lipinski definition) is 1. The molecule has 72 valence electrons. The van der Waals surface area contributed by atoms with Gasteiger partial charge in [-0.1, -0.05) is 5.16 Å². The monoisotopic (exact) mass is 192 g/mol. The summed E-state index contributed by atoms with van der Waals surface area (Å²) in [4.78, 5) is 11.8. The molecule has 0 amide bonds. The van der Waals surface area contributed by atoms with Crippen LogP contribution in [0.5, 0.6) is 0 Å². The summed E-state index contributed by atoms with van der Waals surface area (Å²) >= 11 is 0. The standard InChI is InChI=1S/C8H8N4O2/c1-5(13)8-11-7(12-14-8)6-4-9-2-3-10-6/h2-5,13H,1H3. The zero-order valence-electron chi connectivity index (χ0n) is 7.45. The van der Waals surface area contributed by atoms with Crippen LogP contribution in [0.1, 0.15) is 18.9 Å². The molecule has 0 aromatic carbocycles. The van der Waals surface area contributed by atoms with Gasteiger partial charge < -0.3 is 9.63 Å². The van der Waals surface area contributed by atoms with Crippen LogP contribution in [0.4, 0.5) is 0 Å². The average molecular weight is 192 g/mol. The van der Waals surface area contributed by atoms with Crippen molar-refractivity contribution in [1.82, 2.24) is 20.1 Å². The van der Waals surface area contributed by atoms with Crippen LogP contribution < -0.4 is 0 Å². The SMILES string of the molecule is CC(O)c1nc(-c2cnccn2)no1. The van der Waals surface area contributed by atoms with Crippen molar-refractivity contribution >= 4 is 0 Å². The summed E-state index contributed by atoms with van der Waals surface area (Å²) in [7, 11) is 0. The zero-order chi connectivity index (χ0) is 9.97. The van der Waals surface area contributed by atoms with E-state index < -0.39 is 6.10 Å². The Kier molecular flexibility index (Phi) is 2.19. The van der Waals surface area contributed by atoms with Gasteiger partial charge >= 0.3 is 0 Å². The molecule has 0 fully saturated rings. The lowest BCUT2D eigenvalue weighted by Gasteiger charge is -1.92. The molecule has 6 nitrogen and oxygen atoms in total. The topological polar surface area (TPSA) is 84.9 Å². The van der Waals surface area contributed by atoms with Crippen LogP contribution in [-0.4, -0.2) is 25.2 Å². The van der Waals surface area contributed by atoms with E-state index in [9.17, 15) is 0 Å². The minimum Gasteiger partial charge on any atom is -0.384 e. The highest BCUT2D eigenvalue weighted by Gasteiger charge is 2.12. The maximum Gasteiger partial charge on any atom is 0.255 e. The molecular formula is C8H8N4O2. The normalized spacial score (nSPS) is 12.7. The minimum atomic E-state index is -0.770. The van der Waals surface area contributed by atoms with Crippen LogP contribution in [0.2, 0.25) is 0 Å². The van der Waals surface area contributed by atoms with Gasteiger partial charge in [-0.2, -0.15) is 4.98 Å². The second-order valence-electron chi connectivity index (χ2n) is 2.72. The molecule has 1 unspecified atom stereocenters. The fraction of sp³-hybridized carbons (Fsp3) is 0.250. The predicted octanol–water partition coefficient (Wildman–Crippen LogP) is 0.580. The first-order valence-corrected chi connectivity index (χ1v) is 4.05. The van der Waals surface area contributed by atoms with E-state index in [0.29, 0.717) is 11.5 Å². The lowest BCUT2D eigenvalue weighted by atomic mass is 10.4. The Balaban J connectivity index is 2.34. The van der Waals surface area contributed by atoms with Gasteiger partial charge in [-0.05, 0) is 6.92 Å². The van der Waals surface area contributed by atoms with E-state index in [0.717, 1.165) is 0 Å². The molecule has 2 heterocycles. The fourth-order valence-corrected chi connectivity index (χ4v) is 0.923. The number of rotatable bonds is 2. The molecule has 0 aliphatic heterocycles. The Morgan fingerprint density at radius 2 is 2.29 bits per heavy atom. The van der Waals surface area contributed by atoms with Crippen molar-refractivity contribution in [3.8, 4) is 11.5 Å². The highest BCUT2D eigenvalue weighted by atomic mass is 16.5. The van der Waals surface area contributed by atoms with E-state index in [-0.39, 0.29) is 5.89 Å². The Morgan fingerprint density at radius 3 is 2.86 bits per heavy atom. The summed E-state index contributed by atoms with van der Waals surface area (Å²) in [6.07, 6.45) is 3.84. The molecule has 6 heteroatoms. The van der Waals surface area contributed by atoms with E-state index in [1.165, 1.54) is 12.4 Å². The molecule has 14 heavy (non-hydrogen) atoms. The molecule has 0 radical (unpaired) electrons. The largest absolute Gasteiger partial charge is 0.384 e. The third-order valence-corrected chi connectivity index (χ3v) is 1.59. The van der Waals surface area contributed by atoms with Gasteiger partial charge in [-0.3, -0.25) is 4.98 Å². The molecule has 0 aliphatic carbocycles. The quantitative estimate of drug-likeness (QED) is 0.749. The van der Waals surface area contributed by atoms with Crippen molar-refractivity contribution in [3.63, 3.8) is 0 Å². The lowest BCUT2D eigenvalue weighted by molar-refractivity contribution is 0.152. The summed E-state index contributed by atoms with van der Waals surface area (Å²) in [5.74, 6) is 0.500. The highest BCUT2D eigenvalue weighted by molar-refractivity contribution is 5.45. The van der Waals surface area contributed by atoms with Crippen molar-refractivity contribution in [2.75, 3.05) is 0 Å². The van der Waals surface area contributed by atoms with Crippen molar-refractivity contribution in [1.29, 1.82) is 0 Å². The third kappa shape index (κ3) is 1.60. The van der Waals surface area contributed by atoms with Gasteiger partial charge in [-0.25, -0.2) is 4.98 Å². The second kappa shape index (κ2) is 3.51. The Hall–Kier alpha value is -1.82. The van der Waals surface area contributed by atoms with E-state index in [1.807, 2.05) is 0 Å². The molecule has 0 aliphatic rings. The van der Waals surface area contributed by atoms with Crippen molar-refractivity contribution in [2.24, 2.45) is 0 Å². The Bertz CT molecular complexity index is 412. The van der Waals surface area contributed by atoms with E-state index in [4.69, 9.17) is 9.63 Å². The van der Waals surface area contributed by atoms with Crippen LogP contribution in [0, 0.1) is 0 Å². The minimum absolute atomic E-state index is 0.172. The maximum atomic E-state index is 9.15. The molecule has 2 aromatic heterocycles. The maximum absolute atomic E-state index is 9.15. The van der Waals surface area contributed by atoms with Crippen molar-refractivity contribution < 1.29 is 9.63 Å². The summed E-state index contributed by atoms with van der Waals surface area (Å²) in [5, 5.41) is 12.8. The first kappa shape index (κ1) is 8.76. The van der Waals surface area contributed by atoms with Gasteiger partial charge in [0.25, 0.3) is 5.89 Å². The van der Waals surface area contributed by atoms with Gasteiger partial charge in [-0.15, -0.1) is 0 Å². The smallest absolute Gasteiger partial charge is 0.255 e. The van der Waals surface area contributed by atoms with Gasteiger partial charge in [0.15, 0.2) is 0 Å². The number of aliphatic hydroxyl groups is 1. The summed E-state index contributed by atoms with van der Waals surface area (Å²) in [6, 6.07) is 0. The van der Waals surface area contributed by atoms with Crippen LogP contribution in [0.15, 0.2) is 23.1 Å². The molecule has 1 N–H and O–H groups in total. The fourth-order valence-electron chi connectivity index (χ4n) is 0.923. The van der Waals surface area contributed by atoms with E-state index in [1.54, 1.807) is 13.1 Å². The van der Waals surface area contributed by atoms with Crippen LogP contribution in [0.25, 0.3) is 11.5 Å². The van der Waals surface area contributed by atoms with Crippen LogP contribution >= 0.6 is 0 Å². The summed E-state index contributed by atoms with van der Waals surface area (Å²) < 4.78 is 4.80. The first-order valence-electron chi connectivity index (χ1n) is 4.05. The van der Waals surface area contributed by atoms with E-state index in [2.05, 4.69) is 20.1 Å². The van der Waals surface area contributed by atoms with Gasteiger partial charge in [0.2, 0.25) is 5.82 Å². The number of aromatic nitrogens is 4. The van der Waals surface area contributed by atoms with Gasteiger partial charge in [0.05, 0.1) is 6.20 Å². The second-order valence-corrected chi connectivity index (χ2v) is 2.72. The zero-order valence-corrected chi connectivity index (χ0v) is 7.45. The van der Waals surface area contributed by atoms with E-state index >= 15 is 0 Å². The average Bonchev–Trinajstić information content (AvgIpc) is 2.68.